The normalized spacial score (nSPS) is 22.9. The number of hydrogen-bond donors (Lipinski definition) is 1. The standard InChI is InChI=1S/C21H23FN4O/c22-26-14-24-19-4-2-1-3-18(19)21(26)15-5-7-17(8-6-15)25-10-9-23-11-20(25)16-12-27-13-16/h1-8,16,20,23H,9-14H2. The Labute approximate surface area is 157 Å². The second-order valence-corrected chi connectivity index (χ2v) is 7.34. The molecule has 1 atom stereocenters. The van der Waals surface area contributed by atoms with E-state index in [0.29, 0.717) is 17.7 Å². The fourth-order valence-electron chi connectivity index (χ4n) is 4.20. The quantitative estimate of drug-likeness (QED) is 0.825. The largest absolute Gasteiger partial charge is 0.381 e. The third-order valence-corrected chi connectivity index (χ3v) is 5.73. The van der Waals surface area contributed by atoms with Gasteiger partial charge in [-0.05, 0) is 18.2 Å². The molecule has 3 aliphatic heterocycles. The van der Waals surface area contributed by atoms with Crippen LogP contribution >= 0.6 is 0 Å². The number of nitrogens with one attached hydrogen (secondary N) is 1. The average Bonchev–Trinajstić information content (AvgIpc) is 2.67. The predicted octanol–water partition coefficient (Wildman–Crippen LogP) is 1.04. The van der Waals surface area contributed by atoms with Crippen LogP contribution in [0.15, 0.2) is 53.5 Å². The van der Waals surface area contributed by atoms with Gasteiger partial charge in [-0.2, -0.15) is 5.12 Å². The summed E-state index contributed by atoms with van der Waals surface area (Å²) in [6, 6.07) is 16.5. The summed E-state index contributed by atoms with van der Waals surface area (Å²) < 4.78 is 20.0. The van der Waals surface area contributed by atoms with E-state index >= 15 is 0 Å². The maximum Gasteiger partial charge on any atom is 0.141 e. The first-order valence-electron chi connectivity index (χ1n) is 9.54. The van der Waals surface area contributed by atoms with Gasteiger partial charge in [0, 0.05) is 48.1 Å². The van der Waals surface area contributed by atoms with Crippen LogP contribution in [0, 0.1) is 5.92 Å². The van der Waals surface area contributed by atoms with E-state index in [1.807, 2.05) is 36.4 Å². The molecular formula is C21H23FN4O. The highest BCUT2D eigenvalue weighted by atomic mass is 19.2. The lowest BCUT2D eigenvalue weighted by Gasteiger charge is -2.45. The highest BCUT2D eigenvalue weighted by molar-refractivity contribution is 5.66. The molecule has 1 unspecified atom stereocenters. The molecule has 0 bridgehead atoms. The number of ether oxygens (including phenoxy) is 1. The molecule has 2 fully saturated rings. The molecule has 0 aromatic heterocycles. The summed E-state index contributed by atoms with van der Waals surface area (Å²) in [5, 5.41) is 5.91. The molecule has 0 spiro atoms. The Morgan fingerprint density at radius 1 is 1.07 bits per heavy atom. The maximum atomic E-state index is 14.6. The second-order valence-electron chi connectivity index (χ2n) is 7.34. The van der Waals surface area contributed by atoms with Crippen molar-refractivity contribution >= 4 is 11.4 Å². The molecule has 2 saturated heterocycles. The van der Waals surface area contributed by atoms with Gasteiger partial charge in [0.25, 0.3) is 0 Å². The molecule has 27 heavy (non-hydrogen) atoms. The molecule has 3 aliphatic rings. The lowest BCUT2D eigenvalue weighted by atomic mass is 9.94. The van der Waals surface area contributed by atoms with Gasteiger partial charge in [-0.3, -0.25) is 4.99 Å². The third kappa shape index (κ3) is 2.99. The zero-order chi connectivity index (χ0) is 18.2. The maximum absolute atomic E-state index is 14.6. The number of hydrogen-bond acceptors (Lipinski definition) is 5. The molecule has 2 aromatic carbocycles. The predicted molar refractivity (Wildman–Crippen MR) is 102 cm³/mol. The highest BCUT2D eigenvalue weighted by Gasteiger charge is 2.34. The molecule has 0 amide bonds. The number of halogens is 1. The van der Waals surface area contributed by atoms with Crippen molar-refractivity contribution in [1.82, 2.24) is 10.4 Å². The minimum absolute atomic E-state index is 0.0373. The van der Waals surface area contributed by atoms with Crippen molar-refractivity contribution in [2.45, 2.75) is 6.04 Å². The van der Waals surface area contributed by atoms with Crippen LogP contribution in [0.2, 0.25) is 0 Å². The van der Waals surface area contributed by atoms with Crippen molar-refractivity contribution in [3.63, 3.8) is 0 Å². The van der Waals surface area contributed by atoms with Gasteiger partial charge < -0.3 is 15.0 Å². The van der Waals surface area contributed by atoms with Gasteiger partial charge in [-0.25, -0.2) is 0 Å². The Bertz CT molecular complexity index is 941. The lowest BCUT2D eigenvalue weighted by molar-refractivity contribution is -0.0459. The number of para-hydroxylation sites is 1. The summed E-state index contributed by atoms with van der Waals surface area (Å²) >= 11 is 0. The Morgan fingerprint density at radius 2 is 1.89 bits per heavy atom. The molecule has 3 heterocycles. The Kier molecular flexibility index (Phi) is 4.30. The Morgan fingerprint density at radius 3 is 2.67 bits per heavy atom. The van der Waals surface area contributed by atoms with E-state index in [-0.39, 0.29) is 6.67 Å². The summed E-state index contributed by atoms with van der Waals surface area (Å²) in [7, 11) is 0. The van der Waals surface area contributed by atoms with E-state index in [0.717, 1.165) is 54.1 Å². The van der Waals surface area contributed by atoms with Crippen molar-refractivity contribution in [2.24, 2.45) is 10.9 Å². The van der Waals surface area contributed by atoms with E-state index in [1.165, 1.54) is 5.69 Å². The highest BCUT2D eigenvalue weighted by Crippen LogP contribution is 2.28. The van der Waals surface area contributed by atoms with Crippen LogP contribution in [0.25, 0.3) is 5.70 Å². The third-order valence-electron chi connectivity index (χ3n) is 5.73. The molecule has 1 N–H and O–H groups in total. The van der Waals surface area contributed by atoms with E-state index < -0.39 is 0 Å². The van der Waals surface area contributed by atoms with Crippen molar-refractivity contribution in [3.8, 4) is 0 Å². The number of nitrogens with zero attached hydrogens (tertiary/aromatic N) is 3. The smallest absolute Gasteiger partial charge is 0.141 e. The number of piperazine rings is 1. The van der Waals surface area contributed by atoms with Gasteiger partial charge >= 0.3 is 0 Å². The van der Waals surface area contributed by atoms with Crippen molar-refractivity contribution < 1.29 is 9.22 Å². The number of rotatable bonds is 3. The van der Waals surface area contributed by atoms with Gasteiger partial charge in [-0.1, -0.05) is 34.8 Å². The number of anilines is 1. The van der Waals surface area contributed by atoms with Crippen LogP contribution in [0.4, 0.5) is 10.2 Å². The van der Waals surface area contributed by atoms with Gasteiger partial charge in [-0.15, -0.1) is 0 Å². The van der Waals surface area contributed by atoms with Crippen LogP contribution in [-0.2, 0) is 4.74 Å². The summed E-state index contributed by atoms with van der Waals surface area (Å²) in [5.74, 6) is 0.583. The first-order valence-corrected chi connectivity index (χ1v) is 9.54. The van der Waals surface area contributed by atoms with Crippen molar-refractivity contribution in [3.05, 3.63) is 64.7 Å². The summed E-state index contributed by atoms with van der Waals surface area (Å²) in [4.78, 5) is 6.76. The van der Waals surface area contributed by atoms with Crippen molar-refractivity contribution in [1.29, 1.82) is 0 Å². The summed E-state index contributed by atoms with van der Waals surface area (Å²) in [5.41, 5.74) is 2.66. The number of benzene rings is 2. The molecular weight excluding hydrogens is 343 g/mol. The number of fused-ring (bicyclic) bond motifs is 1. The van der Waals surface area contributed by atoms with Crippen LogP contribution in [0.5, 0.6) is 0 Å². The second kappa shape index (κ2) is 6.94. The SMILES string of the molecule is FN1CN=c2ccccc2=C1c1ccc(N2CCNCC2C2COC2)cc1. The molecule has 140 valence electrons. The van der Waals surface area contributed by atoms with Crippen LogP contribution in [0.1, 0.15) is 5.56 Å². The average molecular weight is 366 g/mol. The molecule has 5 nitrogen and oxygen atoms in total. The lowest BCUT2D eigenvalue weighted by Crippen LogP contribution is -2.58. The van der Waals surface area contributed by atoms with Gasteiger partial charge in [0.2, 0.25) is 0 Å². The molecule has 5 rings (SSSR count). The van der Waals surface area contributed by atoms with E-state index in [2.05, 4.69) is 27.3 Å². The van der Waals surface area contributed by atoms with E-state index in [1.54, 1.807) is 0 Å². The topological polar surface area (TPSA) is 40.1 Å². The molecule has 0 radical (unpaired) electrons. The molecule has 6 heteroatoms. The Balaban J connectivity index is 1.49. The fraction of sp³-hybridized carbons (Fsp3) is 0.381. The minimum Gasteiger partial charge on any atom is -0.381 e. The first-order chi connectivity index (χ1) is 13.3. The molecule has 0 aliphatic carbocycles. The van der Waals surface area contributed by atoms with Gasteiger partial charge in [0.1, 0.15) is 6.67 Å². The molecule has 0 saturated carbocycles. The minimum atomic E-state index is 0.0373. The van der Waals surface area contributed by atoms with E-state index in [4.69, 9.17) is 4.74 Å². The van der Waals surface area contributed by atoms with Gasteiger partial charge in [0.05, 0.1) is 24.3 Å². The first kappa shape index (κ1) is 16.7. The van der Waals surface area contributed by atoms with Crippen LogP contribution in [-0.4, -0.2) is 50.7 Å². The Hall–Kier alpha value is -2.44. The van der Waals surface area contributed by atoms with E-state index in [9.17, 15) is 4.48 Å². The zero-order valence-corrected chi connectivity index (χ0v) is 15.1. The summed E-state index contributed by atoms with van der Waals surface area (Å²) in [6.07, 6.45) is 0. The van der Waals surface area contributed by atoms with Gasteiger partial charge in [0.15, 0.2) is 0 Å². The monoisotopic (exact) mass is 366 g/mol. The molecule has 2 aromatic rings. The van der Waals surface area contributed by atoms with Crippen LogP contribution < -0.4 is 20.8 Å². The van der Waals surface area contributed by atoms with Crippen molar-refractivity contribution in [2.75, 3.05) is 44.4 Å². The zero-order valence-electron chi connectivity index (χ0n) is 15.1. The van der Waals surface area contributed by atoms with Crippen LogP contribution in [0.3, 0.4) is 0 Å². The summed E-state index contributed by atoms with van der Waals surface area (Å²) in [6.45, 7) is 4.67. The fourth-order valence-corrected chi connectivity index (χ4v) is 4.20.